The van der Waals surface area contributed by atoms with Gasteiger partial charge in [0.1, 0.15) is 12.2 Å². The maximum Gasteiger partial charge on any atom is 0.160 e. The van der Waals surface area contributed by atoms with Gasteiger partial charge in [0, 0.05) is 6.54 Å². The van der Waals surface area contributed by atoms with Crippen LogP contribution < -0.4 is 5.73 Å². The van der Waals surface area contributed by atoms with Crippen LogP contribution in [0.2, 0.25) is 0 Å². The molecule has 0 unspecified atom stereocenters. The van der Waals surface area contributed by atoms with Crippen LogP contribution in [0.25, 0.3) is 0 Å². The Kier molecular flexibility index (Phi) is 5.02. The molecule has 1 aromatic rings. The van der Waals surface area contributed by atoms with Crippen molar-refractivity contribution in [2.75, 3.05) is 0 Å². The Morgan fingerprint density at radius 3 is 2.56 bits per heavy atom. The average Bonchev–Trinajstić information content (AvgIpc) is 2.74. The minimum absolute atomic E-state index is 0.0468. The molecule has 0 saturated carbocycles. The van der Waals surface area contributed by atoms with Gasteiger partial charge in [-0.05, 0) is 18.8 Å². The number of rotatable bonds is 7. The molecule has 18 heavy (non-hydrogen) atoms. The van der Waals surface area contributed by atoms with E-state index in [1.807, 2.05) is 13.8 Å². The van der Waals surface area contributed by atoms with Crippen LogP contribution in [0.4, 0.5) is 0 Å². The van der Waals surface area contributed by atoms with Crippen molar-refractivity contribution in [3.8, 4) is 0 Å². The van der Waals surface area contributed by atoms with E-state index in [2.05, 4.69) is 23.9 Å². The first kappa shape index (κ1) is 14.8. The number of carbonyl (C=O) groups is 1. The van der Waals surface area contributed by atoms with E-state index >= 15 is 0 Å². The highest BCUT2D eigenvalue weighted by molar-refractivity contribution is 5.89. The van der Waals surface area contributed by atoms with E-state index in [9.17, 15) is 4.79 Å². The quantitative estimate of drug-likeness (QED) is 0.799. The van der Waals surface area contributed by atoms with E-state index in [1.54, 1.807) is 4.68 Å². The lowest BCUT2D eigenvalue weighted by Crippen LogP contribution is -2.47. The molecule has 1 aromatic heterocycles. The molecule has 0 aliphatic carbocycles. The second kappa shape index (κ2) is 6.09. The predicted octanol–water partition coefficient (Wildman–Crippen LogP) is 1.56. The summed E-state index contributed by atoms with van der Waals surface area (Å²) in [5, 5.41) is 4.16. The number of nitrogens with two attached hydrogens (primary N) is 1. The molecule has 2 N–H and O–H groups in total. The normalized spacial score (nSPS) is 12.1. The van der Waals surface area contributed by atoms with E-state index in [4.69, 9.17) is 5.73 Å². The standard InChI is InChI=1S/C13H24N4O/c1-5-13(14,6-2)11(18)7-12-15-9-16-17(12)8-10(3)4/h9-10H,5-8,14H2,1-4H3. The number of hydrogen-bond acceptors (Lipinski definition) is 4. The van der Waals surface area contributed by atoms with Crippen molar-refractivity contribution < 1.29 is 4.79 Å². The third-order valence-electron chi connectivity index (χ3n) is 3.37. The van der Waals surface area contributed by atoms with E-state index in [-0.39, 0.29) is 12.2 Å². The van der Waals surface area contributed by atoms with Gasteiger partial charge < -0.3 is 5.73 Å². The fourth-order valence-corrected chi connectivity index (χ4v) is 1.89. The molecule has 0 fully saturated rings. The molecule has 0 radical (unpaired) electrons. The van der Waals surface area contributed by atoms with Gasteiger partial charge in [-0.25, -0.2) is 9.67 Å². The first-order valence-corrected chi connectivity index (χ1v) is 6.61. The molecule has 0 bridgehead atoms. The summed E-state index contributed by atoms with van der Waals surface area (Å²) >= 11 is 0. The lowest BCUT2D eigenvalue weighted by Gasteiger charge is -2.24. The minimum atomic E-state index is -0.728. The molecule has 0 amide bonds. The highest BCUT2D eigenvalue weighted by Gasteiger charge is 2.30. The first-order valence-electron chi connectivity index (χ1n) is 6.61. The Labute approximate surface area is 109 Å². The van der Waals surface area contributed by atoms with Crippen LogP contribution in [0, 0.1) is 5.92 Å². The third kappa shape index (κ3) is 3.38. The topological polar surface area (TPSA) is 73.8 Å². The van der Waals surface area contributed by atoms with Gasteiger partial charge in [0.2, 0.25) is 0 Å². The zero-order chi connectivity index (χ0) is 13.8. The van der Waals surface area contributed by atoms with Crippen molar-refractivity contribution in [1.29, 1.82) is 0 Å². The molecular formula is C13H24N4O. The molecule has 0 aliphatic rings. The highest BCUT2D eigenvalue weighted by atomic mass is 16.1. The van der Waals surface area contributed by atoms with Crippen LogP contribution in [0.5, 0.6) is 0 Å². The smallest absolute Gasteiger partial charge is 0.160 e. The first-order chi connectivity index (χ1) is 8.42. The molecule has 5 heteroatoms. The summed E-state index contributed by atoms with van der Waals surface area (Å²) in [5.41, 5.74) is 5.37. The van der Waals surface area contributed by atoms with Gasteiger partial charge in [0.05, 0.1) is 12.0 Å². The Morgan fingerprint density at radius 2 is 2.06 bits per heavy atom. The lowest BCUT2D eigenvalue weighted by atomic mass is 9.87. The molecule has 102 valence electrons. The predicted molar refractivity (Wildman–Crippen MR) is 71.1 cm³/mol. The van der Waals surface area contributed by atoms with Gasteiger partial charge >= 0.3 is 0 Å². The Balaban J connectivity index is 2.79. The van der Waals surface area contributed by atoms with Crippen molar-refractivity contribution in [1.82, 2.24) is 14.8 Å². The van der Waals surface area contributed by atoms with Crippen LogP contribution in [0.1, 0.15) is 46.4 Å². The fraction of sp³-hybridized carbons (Fsp3) is 0.769. The van der Waals surface area contributed by atoms with E-state index in [0.29, 0.717) is 24.6 Å². The number of aromatic nitrogens is 3. The highest BCUT2D eigenvalue weighted by Crippen LogP contribution is 2.15. The Morgan fingerprint density at radius 1 is 1.44 bits per heavy atom. The molecule has 1 heterocycles. The maximum absolute atomic E-state index is 12.2. The van der Waals surface area contributed by atoms with Gasteiger partial charge in [0.25, 0.3) is 0 Å². The van der Waals surface area contributed by atoms with Crippen molar-refractivity contribution >= 4 is 5.78 Å². The van der Waals surface area contributed by atoms with Crippen LogP contribution >= 0.6 is 0 Å². The summed E-state index contributed by atoms with van der Waals surface area (Å²) in [4.78, 5) is 16.4. The average molecular weight is 252 g/mol. The molecule has 1 rings (SSSR count). The van der Waals surface area contributed by atoms with Crippen molar-refractivity contribution in [3.05, 3.63) is 12.2 Å². The van der Waals surface area contributed by atoms with E-state index in [0.717, 1.165) is 6.54 Å². The summed E-state index contributed by atoms with van der Waals surface area (Å²) in [5.74, 6) is 1.23. The van der Waals surface area contributed by atoms with Crippen LogP contribution in [0.15, 0.2) is 6.33 Å². The molecular weight excluding hydrogens is 228 g/mol. The fourth-order valence-electron chi connectivity index (χ4n) is 1.89. The minimum Gasteiger partial charge on any atom is -0.319 e. The second-order valence-electron chi connectivity index (χ2n) is 5.22. The van der Waals surface area contributed by atoms with Gasteiger partial charge in [-0.15, -0.1) is 0 Å². The molecule has 0 atom stereocenters. The SMILES string of the molecule is CCC(N)(CC)C(=O)Cc1ncnn1CC(C)C. The Bertz CT molecular complexity index is 393. The number of ketones is 1. The summed E-state index contributed by atoms with van der Waals surface area (Å²) < 4.78 is 1.80. The molecule has 0 aliphatic heterocycles. The number of Topliss-reactive ketones (excluding diaryl/α,β-unsaturated/α-hetero) is 1. The summed E-state index contributed by atoms with van der Waals surface area (Å²) in [6.45, 7) is 8.89. The molecule has 0 aromatic carbocycles. The van der Waals surface area contributed by atoms with Gasteiger partial charge in [-0.3, -0.25) is 4.79 Å². The summed E-state index contributed by atoms with van der Waals surface area (Å²) in [6.07, 6.45) is 3.08. The zero-order valence-electron chi connectivity index (χ0n) is 11.8. The van der Waals surface area contributed by atoms with Gasteiger partial charge in [-0.1, -0.05) is 27.7 Å². The number of nitrogens with zero attached hydrogens (tertiary/aromatic N) is 3. The van der Waals surface area contributed by atoms with Gasteiger partial charge in [0.15, 0.2) is 5.78 Å². The maximum atomic E-state index is 12.2. The molecule has 0 spiro atoms. The number of carbonyl (C=O) groups excluding carboxylic acids is 1. The number of hydrogen-bond donors (Lipinski definition) is 1. The molecule has 0 saturated heterocycles. The van der Waals surface area contributed by atoms with Gasteiger partial charge in [-0.2, -0.15) is 5.10 Å². The lowest BCUT2D eigenvalue weighted by molar-refractivity contribution is -0.124. The third-order valence-corrected chi connectivity index (χ3v) is 3.37. The van der Waals surface area contributed by atoms with E-state index in [1.165, 1.54) is 6.33 Å². The van der Waals surface area contributed by atoms with Crippen LogP contribution in [0.3, 0.4) is 0 Å². The van der Waals surface area contributed by atoms with Crippen LogP contribution in [-0.2, 0) is 17.8 Å². The van der Waals surface area contributed by atoms with Crippen LogP contribution in [-0.4, -0.2) is 26.1 Å². The summed E-state index contributed by atoms with van der Waals surface area (Å²) in [6, 6.07) is 0. The zero-order valence-corrected chi connectivity index (χ0v) is 11.8. The second-order valence-corrected chi connectivity index (χ2v) is 5.22. The summed E-state index contributed by atoms with van der Waals surface area (Å²) in [7, 11) is 0. The molecule has 5 nitrogen and oxygen atoms in total. The van der Waals surface area contributed by atoms with Crippen molar-refractivity contribution in [3.63, 3.8) is 0 Å². The largest absolute Gasteiger partial charge is 0.319 e. The van der Waals surface area contributed by atoms with E-state index < -0.39 is 5.54 Å². The van der Waals surface area contributed by atoms with Crippen molar-refractivity contribution in [2.45, 2.75) is 59.0 Å². The van der Waals surface area contributed by atoms with Crippen molar-refractivity contribution in [2.24, 2.45) is 11.7 Å². The monoisotopic (exact) mass is 252 g/mol. The Hall–Kier alpha value is -1.23.